The topological polar surface area (TPSA) is 72.2 Å². The first-order valence-corrected chi connectivity index (χ1v) is 5.85. The van der Waals surface area contributed by atoms with Crippen LogP contribution in [0.15, 0.2) is 0 Å². The third-order valence-electron chi connectivity index (χ3n) is 1.06. The lowest BCUT2D eigenvalue weighted by atomic mass is 10.2. The Labute approximate surface area is 103 Å². The van der Waals surface area contributed by atoms with Crippen molar-refractivity contribution < 1.29 is 9.59 Å². The van der Waals surface area contributed by atoms with Crippen LogP contribution in [0, 0.1) is 0 Å². The molecule has 0 aliphatic carbocycles. The molecule has 0 atom stereocenters. The molecule has 0 unspecified atom stereocenters. The second-order valence-electron chi connectivity index (χ2n) is 2.28. The molecule has 0 bridgehead atoms. The van der Waals surface area contributed by atoms with Crippen molar-refractivity contribution in [2.45, 2.75) is 40.0 Å². The highest BCUT2D eigenvalue weighted by Gasteiger charge is 1.88. The van der Waals surface area contributed by atoms with E-state index in [0.717, 1.165) is 13.0 Å². The second-order valence-corrected chi connectivity index (χ2v) is 3.12. The molecule has 0 aromatic rings. The maximum Gasteiger partial charge on any atom is 0.275 e. The van der Waals surface area contributed by atoms with Crippen molar-refractivity contribution in [2.24, 2.45) is 5.73 Å². The third-order valence-corrected chi connectivity index (χ3v) is 1.21. The minimum Gasteiger partial charge on any atom is -0.361 e. The van der Waals surface area contributed by atoms with Gasteiger partial charge in [0, 0.05) is 6.54 Å². The summed E-state index contributed by atoms with van der Waals surface area (Å²) in [4.78, 5) is 19.2. The molecular weight excluding hydrogens is 232 g/mol. The number of primary amides is 1. The van der Waals surface area contributed by atoms with Crippen molar-refractivity contribution >= 4 is 35.7 Å². The van der Waals surface area contributed by atoms with E-state index in [-0.39, 0.29) is 5.24 Å². The van der Waals surface area contributed by atoms with Crippen LogP contribution in [0.3, 0.4) is 0 Å². The van der Waals surface area contributed by atoms with E-state index in [4.69, 9.17) is 4.79 Å². The maximum atomic E-state index is 10.2. The number of hydrogen-bond acceptors (Lipinski definition) is 2. The molecule has 0 radical (unpaired) electrons. The number of carbonyl (C=O) groups is 2. The molecule has 0 fully saturated rings. The van der Waals surface area contributed by atoms with Crippen LogP contribution in [-0.4, -0.2) is 17.0 Å². The average molecular weight is 254 g/mol. The molecule has 0 aromatic carbocycles. The zero-order valence-corrected chi connectivity index (χ0v) is 11.4. The molecule has 0 saturated carbocycles. The molecule has 2 amide bonds. The summed E-state index contributed by atoms with van der Waals surface area (Å²) < 4.78 is 0. The summed E-state index contributed by atoms with van der Waals surface area (Å²) in [5.74, 6) is 0. The highest BCUT2D eigenvalue weighted by Crippen LogP contribution is 1.91. The Morgan fingerprint density at radius 2 is 1.60 bits per heavy atom. The Kier molecular flexibility index (Phi) is 25.8. The van der Waals surface area contributed by atoms with Gasteiger partial charge in [0.2, 0.25) is 0 Å². The molecule has 4 nitrogen and oxygen atoms in total. The molecule has 15 heavy (non-hydrogen) atoms. The summed E-state index contributed by atoms with van der Waals surface area (Å²) in [5, 5.41) is 1.74. The van der Waals surface area contributed by atoms with Crippen LogP contribution in [0.25, 0.3) is 0 Å². The number of rotatable bonds is 4. The van der Waals surface area contributed by atoms with E-state index in [2.05, 4.69) is 43.2 Å². The molecule has 0 aliphatic rings. The average Bonchev–Trinajstić information content (AvgIpc) is 2.15. The lowest BCUT2D eigenvalue weighted by Gasteiger charge is -1.97. The largest absolute Gasteiger partial charge is 0.361 e. The molecule has 0 rings (SSSR count). The van der Waals surface area contributed by atoms with Crippen molar-refractivity contribution in [1.82, 2.24) is 5.32 Å². The Morgan fingerprint density at radius 3 is 1.87 bits per heavy atom. The zero-order valence-electron chi connectivity index (χ0n) is 9.62. The van der Waals surface area contributed by atoms with Gasteiger partial charge in [0.15, 0.2) is 0 Å². The first-order valence-electron chi connectivity index (χ1n) is 4.95. The number of amides is 2. The van der Waals surface area contributed by atoms with Crippen LogP contribution in [0.5, 0.6) is 0 Å². The molecule has 0 aliphatic heterocycles. The Bertz CT molecular complexity index is 151. The number of carbonyl (C=O) groups excluding carboxylic acids is 2. The maximum absolute atomic E-state index is 10.2. The predicted octanol–water partition coefficient (Wildman–Crippen LogP) is 2.84. The molecular formula is C9H22N2O2S2. The lowest BCUT2D eigenvalue weighted by Crippen LogP contribution is -2.17. The molecule has 0 saturated heterocycles. The van der Waals surface area contributed by atoms with Gasteiger partial charge in [-0.25, -0.2) is 0 Å². The molecule has 92 valence electrons. The van der Waals surface area contributed by atoms with Crippen LogP contribution in [0.2, 0.25) is 0 Å². The van der Waals surface area contributed by atoms with Crippen molar-refractivity contribution in [1.29, 1.82) is 0 Å². The van der Waals surface area contributed by atoms with Crippen molar-refractivity contribution in [3.63, 3.8) is 0 Å². The van der Waals surface area contributed by atoms with E-state index < -0.39 is 5.24 Å². The molecule has 3 N–H and O–H groups in total. The number of unbranched alkanes of at least 4 members (excludes halogenated alkanes) is 2. The minimum absolute atomic E-state index is 0.230. The van der Waals surface area contributed by atoms with Gasteiger partial charge in [-0.05, 0) is 6.42 Å². The summed E-state index contributed by atoms with van der Waals surface area (Å²) in [6, 6.07) is 0. The van der Waals surface area contributed by atoms with Crippen LogP contribution >= 0.6 is 25.3 Å². The Balaban J connectivity index is -0.000000202. The lowest BCUT2D eigenvalue weighted by molar-refractivity contribution is 0.260. The van der Waals surface area contributed by atoms with Gasteiger partial charge >= 0.3 is 0 Å². The first-order chi connectivity index (χ1) is 7.00. The molecule has 0 aromatic heterocycles. The smallest absolute Gasteiger partial charge is 0.275 e. The van der Waals surface area contributed by atoms with E-state index in [1.165, 1.54) is 12.8 Å². The van der Waals surface area contributed by atoms with E-state index in [1.54, 1.807) is 0 Å². The predicted molar refractivity (Wildman–Crippen MR) is 71.8 cm³/mol. The zero-order chi connectivity index (χ0) is 12.7. The molecule has 0 heterocycles. The Hall–Kier alpha value is -0.360. The minimum atomic E-state index is -0.639. The van der Waals surface area contributed by atoms with E-state index in [9.17, 15) is 4.79 Å². The van der Waals surface area contributed by atoms with E-state index >= 15 is 0 Å². The van der Waals surface area contributed by atoms with Gasteiger partial charge in [0.25, 0.3) is 10.5 Å². The monoisotopic (exact) mass is 254 g/mol. The van der Waals surface area contributed by atoms with Gasteiger partial charge in [-0.3, -0.25) is 9.59 Å². The van der Waals surface area contributed by atoms with Gasteiger partial charge < -0.3 is 11.1 Å². The summed E-state index contributed by atoms with van der Waals surface area (Å²) in [6.45, 7) is 6.89. The summed E-state index contributed by atoms with van der Waals surface area (Å²) >= 11 is 6.66. The van der Waals surface area contributed by atoms with Gasteiger partial charge in [0.05, 0.1) is 0 Å². The van der Waals surface area contributed by atoms with Crippen LogP contribution in [-0.2, 0) is 0 Å². The summed E-state index contributed by atoms with van der Waals surface area (Å²) in [7, 11) is 0. The first kappa shape index (κ1) is 20.1. The SMILES string of the molecule is CC.CCCCCNC(=O)S.NC(=O)S. The quantitative estimate of drug-likeness (QED) is 0.460. The second kappa shape index (κ2) is 19.2. The number of nitrogens with one attached hydrogen (secondary N) is 1. The standard InChI is InChI=1S/C6H13NOS.C2H6.CH3NOS/c1-2-3-4-5-7-6(8)9;1-2;2-1(3)4/h2-5H2,1H3,(H2,7,8,9);1-2H3;(H3,2,3,4). The van der Waals surface area contributed by atoms with Crippen LogP contribution in [0.4, 0.5) is 9.59 Å². The Morgan fingerprint density at radius 1 is 1.20 bits per heavy atom. The van der Waals surface area contributed by atoms with Crippen molar-refractivity contribution in [2.75, 3.05) is 6.54 Å². The number of hydrogen-bond donors (Lipinski definition) is 4. The normalized spacial score (nSPS) is 7.53. The van der Waals surface area contributed by atoms with Gasteiger partial charge in [-0.2, -0.15) is 0 Å². The van der Waals surface area contributed by atoms with Gasteiger partial charge in [0.1, 0.15) is 0 Å². The van der Waals surface area contributed by atoms with Crippen LogP contribution in [0.1, 0.15) is 40.0 Å². The van der Waals surface area contributed by atoms with E-state index in [0.29, 0.717) is 0 Å². The highest BCUT2D eigenvalue weighted by atomic mass is 32.1. The van der Waals surface area contributed by atoms with Gasteiger partial charge in [-0.1, -0.05) is 58.9 Å². The summed E-state index contributed by atoms with van der Waals surface area (Å²) in [5.41, 5.74) is 4.34. The fourth-order valence-corrected chi connectivity index (χ4v) is 0.682. The molecule has 0 spiro atoms. The fourth-order valence-electron chi connectivity index (χ4n) is 0.570. The number of thiol groups is 2. The molecule has 6 heteroatoms. The highest BCUT2D eigenvalue weighted by molar-refractivity contribution is 7.96. The van der Waals surface area contributed by atoms with Crippen LogP contribution < -0.4 is 11.1 Å². The van der Waals surface area contributed by atoms with E-state index in [1.807, 2.05) is 13.8 Å². The van der Waals surface area contributed by atoms with Crippen molar-refractivity contribution in [3.8, 4) is 0 Å². The third kappa shape index (κ3) is 58.1. The fraction of sp³-hybridized carbons (Fsp3) is 0.778. The summed E-state index contributed by atoms with van der Waals surface area (Å²) in [6.07, 6.45) is 3.42. The number of nitrogens with two attached hydrogens (primary N) is 1. The van der Waals surface area contributed by atoms with Crippen molar-refractivity contribution in [3.05, 3.63) is 0 Å². The van der Waals surface area contributed by atoms with Gasteiger partial charge in [-0.15, -0.1) is 0 Å².